The van der Waals surface area contributed by atoms with Crippen molar-refractivity contribution in [1.82, 2.24) is 15.5 Å². The van der Waals surface area contributed by atoms with Crippen molar-refractivity contribution >= 4 is 45.4 Å². The number of hydrogen-bond donors (Lipinski definition) is 3. The summed E-state index contributed by atoms with van der Waals surface area (Å²) in [5.41, 5.74) is 1.00. The highest BCUT2D eigenvalue weighted by atomic mass is 79.9. The van der Waals surface area contributed by atoms with E-state index >= 15 is 0 Å². The lowest BCUT2D eigenvalue weighted by atomic mass is 9.70. The average molecular weight is 553 g/mol. The van der Waals surface area contributed by atoms with E-state index in [0.717, 1.165) is 24.8 Å². The standard InChI is InChI=1S/C25H34BrN3O4S/c1-2-3-7-11-27-23(32)21-25-14-17(26)20(34-25)18(19(25)24(33)29(21)12-8-13-30)22(31)28-15-16-9-5-4-6-10-16/h4-6,9-10,17-21,30H,2-3,7-8,11-15H2,1H3,(H,27,32)(H,28,31)/t17?,18-,19-,20-,21?,25?/m0/s1. The molecule has 1 aromatic rings. The van der Waals surface area contributed by atoms with Crippen LogP contribution in [0.25, 0.3) is 0 Å². The summed E-state index contributed by atoms with van der Waals surface area (Å²) in [6.07, 6.45) is 4.08. The Bertz CT molecular complexity index is 903. The molecular weight excluding hydrogens is 518 g/mol. The molecule has 0 radical (unpaired) electrons. The number of carbonyl (C=O) groups is 3. The fraction of sp³-hybridized carbons (Fsp3) is 0.640. The molecule has 1 spiro atoms. The zero-order valence-corrected chi connectivity index (χ0v) is 21.9. The summed E-state index contributed by atoms with van der Waals surface area (Å²) in [7, 11) is 0. The number of thioether (sulfide) groups is 1. The minimum atomic E-state index is -0.630. The summed E-state index contributed by atoms with van der Waals surface area (Å²) in [5.74, 6) is -1.41. The second-order valence-corrected chi connectivity index (χ2v) is 12.2. The van der Waals surface area contributed by atoms with Gasteiger partial charge in [0.05, 0.1) is 16.6 Å². The molecule has 3 aliphatic heterocycles. The molecule has 2 bridgehead atoms. The van der Waals surface area contributed by atoms with E-state index in [1.807, 2.05) is 30.3 Å². The largest absolute Gasteiger partial charge is 0.396 e. The number of fused-ring (bicyclic) bond motifs is 1. The monoisotopic (exact) mass is 551 g/mol. The molecular formula is C25H34BrN3O4S. The predicted molar refractivity (Wildman–Crippen MR) is 136 cm³/mol. The molecule has 3 fully saturated rings. The molecule has 6 atom stereocenters. The lowest BCUT2D eigenvalue weighted by Crippen LogP contribution is -2.55. The van der Waals surface area contributed by atoms with Crippen molar-refractivity contribution in [2.24, 2.45) is 11.8 Å². The molecule has 3 saturated heterocycles. The Labute approximate surface area is 213 Å². The minimum Gasteiger partial charge on any atom is -0.396 e. The van der Waals surface area contributed by atoms with Crippen molar-refractivity contribution < 1.29 is 19.5 Å². The molecule has 1 aromatic carbocycles. The third-order valence-electron chi connectivity index (χ3n) is 7.29. The second-order valence-electron chi connectivity index (χ2n) is 9.47. The van der Waals surface area contributed by atoms with E-state index in [0.29, 0.717) is 32.5 Å². The molecule has 186 valence electrons. The molecule has 34 heavy (non-hydrogen) atoms. The van der Waals surface area contributed by atoms with Gasteiger partial charge in [-0.25, -0.2) is 0 Å². The highest BCUT2D eigenvalue weighted by Gasteiger charge is 2.75. The Morgan fingerprint density at radius 2 is 1.94 bits per heavy atom. The Morgan fingerprint density at radius 1 is 1.18 bits per heavy atom. The summed E-state index contributed by atoms with van der Waals surface area (Å²) in [4.78, 5) is 42.3. The van der Waals surface area contributed by atoms with Crippen LogP contribution in [0, 0.1) is 11.8 Å². The van der Waals surface area contributed by atoms with Gasteiger partial charge in [0.15, 0.2) is 0 Å². The lowest BCUT2D eigenvalue weighted by molar-refractivity contribution is -0.140. The van der Waals surface area contributed by atoms with Crippen LogP contribution < -0.4 is 10.6 Å². The van der Waals surface area contributed by atoms with Crippen LogP contribution in [-0.2, 0) is 20.9 Å². The number of alkyl halides is 1. The zero-order valence-electron chi connectivity index (χ0n) is 19.5. The zero-order chi connectivity index (χ0) is 24.3. The Balaban J connectivity index is 1.57. The number of likely N-dealkylation sites (tertiary alicyclic amines) is 1. The van der Waals surface area contributed by atoms with Crippen molar-refractivity contribution in [3.05, 3.63) is 35.9 Å². The van der Waals surface area contributed by atoms with Gasteiger partial charge < -0.3 is 20.6 Å². The van der Waals surface area contributed by atoms with Crippen LogP contribution in [0.5, 0.6) is 0 Å². The van der Waals surface area contributed by atoms with Gasteiger partial charge in [0.2, 0.25) is 17.7 Å². The van der Waals surface area contributed by atoms with Crippen molar-refractivity contribution in [1.29, 1.82) is 0 Å². The van der Waals surface area contributed by atoms with Gasteiger partial charge in [-0.2, -0.15) is 0 Å². The van der Waals surface area contributed by atoms with E-state index in [4.69, 9.17) is 0 Å². The molecule has 3 N–H and O–H groups in total. The third-order valence-corrected chi connectivity index (χ3v) is 10.5. The second kappa shape index (κ2) is 11.0. The van der Waals surface area contributed by atoms with E-state index in [1.54, 1.807) is 16.7 Å². The molecule has 7 nitrogen and oxygen atoms in total. The fourth-order valence-electron chi connectivity index (χ4n) is 5.80. The van der Waals surface area contributed by atoms with Gasteiger partial charge in [-0.05, 0) is 24.8 Å². The normalized spacial score (nSPS) is 31.6. The predicted octanol–water partition coefficient (Wildman–Crippen LogP) is 2.46. The van der Waals surface area contributed by atoms with Crippen molar-refractivity contribution in [2.75, 3.05) is 19.7 Å². The van der Waals surface area contributed by atoms with Gasteiger partial charge in [0, 0.05) is 36.3 Å². The van der Waals surface area contributed by atoms with Gasteiger partial charge in [-0.1, -0.05) is 66.0 Å². The number of hydrogen-bond acceptors (Lipinski definition) is 5. The Kier molecular flexibility index (Phi) is 8.25. The van der Waals surface area contributed by atoms with Gasteiger partial charge in [0.1, 0.15) is 6.04 Å². The van der Waals surface area contributed by atoms with E-state index in [9.17, 15) is 19.5 Å². The number of halogens is 1. The summed E-state index contributed by atoms with van der Waals surface area (Å²) < 4.78 is -0.630. The van der Waals surface area contributed by atoms with E-state index < -0.39 is 22.6 Å². The van der Waals surface area contributed by atoms with Gasteiger partial charge >= 0.3 is 0 Å². The number of amides is 3. The molecule has 3 aliphatic rings. The van der Waals surface area contributed by atoms with Crippen LogP contribution >= 0.6 is 27.7 Å². The number of carbonyl (C=O) groups excluding carboxylic acids is 3. The Morgan fingerprint density at radius 3 is 2.65 bits per heavy atom. The fourth-order valence-corrected chi connectivity index (χ4v) is 9.41. The molecule has 3 heterocycles. The first kappa shape index (κ1) is 25.5. The quantitative estimate of drug-likeness (QED) is 0.290. The van der Waals surface area contributed by atoms with Crippen LogP contribution in [-0.4, -0.2) is 68.3 Å². The first-order chi connectivity index (χ1) is 16.4. The van der Waals surface area contributed by atoms with Gasteiger partial charge in [-0.3, -0.25) is 14.4 Å². The maximum Gasteiger partial charge on any atom is 0.244 e. The van der Waals surface area contributed by atoms with Crippen molar-refractivity contribution in [3.63, 3.8) is 0 Å². The average Bonchev–Trinajstić information content (AvgIpc) is 3.43. The Hall–Kier alpha value is -1.58. The van der Waals surface area contributed by atoms with Crippen LogP contribution in [0.3, 0.4) is 0 Å². The molecule has 0 saturated carbocycles. The van der Waals surface area contributed by atoms with E-state index in [1.165, 1.54) is 0 Å². The van der Waals surface area contributed by atoms with Crippen LogP contribution in [0.4, 0.5) is 0 Å². The van der Waals surface area contributed by atoms with Crippen molar-refractivity contribution in [3.8, 4) is 0 Å². The summed E-state index contributed by atoms with van der Waals surface area (Å²) in [6, 6.07) is 9.09. The van der Waals surface area contributed by atoms with Crippen LogP contribution in [0.2, 0.25) is 0 Å². The van der Waals surface area contributed by atoms with E-state index in [-0.39, 0.29) is 34.4 Å². The number of nitrogens with zero attached hydrogens (tertiary/aromatic N) is 1. The van der Waals surface area contributed by atoms with Crippen LogP contribution in [0.15, 0.2) is 30.3 Å². The molecule has 0 aliphatic carbocycles. The number of rotatable bonds is 11. The number of unbranched alkanes of at least 4 members (excludes halogenated alkanes) is 2. The number of aliphatic hydroxyl groups is 1. The first-order valence-corrected chi connectivity index (χ1v) is 14.1. The maximum absolute atomic E-state index is 13.7. The van der Waals surface area contributed by atoms with E-state index in [2.05, 4.69) is 33.5 Å². The van der Waals surface area contributed by atoms with Crippen molar-refractivity contribution in [2.45, 2.75) is 66.4 Å². The number of aliphatic hydroxyl groups excluding tert-OH is 1. The van der Waals surface area contributed by atoms with Gasteiger partial charge in [-0.15, -0.1) is 11.8 Å². The highest BCUT2D eigenvalue weighted by molar-refractivity contribution is 9.09. The lowest BCUT2D eigenvalue weighted by Gasteiger charge is -2.35. The summed E-state index contributed by atoms with van der Waals surface area (Å²) in [6.45, 7) is 3.37. The number of benzene rings is 1. The summed E-state index contributed by atoms with van der Waals surface area (Å²) >= 11 is 5.41. The smallest absolute Gasteiger partial charge is 0.244 e. The molecule has 0 aromatic heterocycles. The SMILES string of the molecule is CCCCCNC(=O)C1N(CCCO)C(=O)[C@@H]2[C@H](C(=O)NCc3ccccc3)[C@H]3SC12CC3Br. The topological polar surface area (TPSA) is 98.7 Å². The molecule has 4 rings (SSSR count). The highest BCUT2D eigenvalue weighted by Crippen LogP contribution is 2.67. The molecule has 3 amide bonds. The van der Waals surface area contributed by atoms with Crippen LogP contribution in [0.1, 0.15) is 44.6 Å². The first-order valence-electron chi connectivity index (χ1n) is 12.3. The summed E-state index contributed by atoms with van der Waals surface area (Å²) in [5, 5.41) is 15.5. The molecule has 3 unspecified atom stereocenters. The number of nitrogens with one attached hydrogen (secondary N) is 2. The third kappa shape index (κ3) is 4.63. The molecule has 9 heteroatoms. The van der Waals surface area contributed by atoms with Gasteiger partial charge in [0.25, 0.3) is 0 Å². The minimum absolute atomic E-state index is 0.0515. The maximum atomic E-state index is 13.7.